The monoisotopic (exact) mass is 214 g/mol. The summed E-state index contributed by atoms with van der Waals surface area (Å²) in [5, 5.41) is 3.97. The van der Waals surface area contributed by atoms with Crippen molar-refractivity contribution in [3.05, 3.63) is 28.7 Å². The van der Waals surface area contributed by atoms with Crippen molar-refractivity contribution in [3.63, 3.8) is 0 Å². The van der Waals surface area contributed by atoms with Crippen LogP contribution in [0.2, 0.25) is 0 Å². The highest BCUT2D eigenvalue weighted by atomic mass is 35.5. The molecule has 1 aromatic heterocycles. The highest BCUT2D eigenvalue weighted by Gasteiger charge is 1.94. The normalized spacial score (nSPS) is 10.4. The molecule has 0 bridgehead atoms. The number of unbranched alkanes of at least 4 members (excludes halogenated alkanes) is 3. The van der Waals surface area contributed by atoms with Gasteiger partial charge in [-0.3, -0.25) is 4.79 Å². The zero-order valence-electron chi connectivity index (χ0n) is 8.16. The van der Waals surface area contributed by atoms with Gasteiger partial charge in [-0.05, 0) is 18.9 Å². The molecule has 0 amide bonds. The molecule has 0 aliphatic rings. The van der Waals surface area contributed by atoms with Gasteiger partial charge in [0.2, 0.25) is 0 Å². The smallest absolute Gasteiger partial charge is 0.266 e. The van der Waals surface area contributed by atoms with Gasteiger partial charge in [0.05, 0.1) is 0 Å². The lowest BCUT2D eigenvalue weighted by Gasteiger charge is -2.02. The van der Waals surface area contributed by atoms with Gasteiger partial charge in [0.15, 0.2) is 0 Å². The molecular formula is C10H15ClN2O. The van der Waals surface area contributed by atoms with Gasteiger partial charge in [0.1, 0.15) is 0 Å². The van der Waals surface area contributed by atoms with Crippen molar-refractivity contribution in [1.29, 1.82) is 0 Å². The van der Waals surface area contributed by atoms with Gasteiger partial charge in [-0.1, -0.05) is 12.8 Å². The van der Waals surface area contributed by atoms with Crippen LogP contribution in [-0.4, -0.2) is 15.7 Å². The molecule has 3 nitrogen and oxygen atoms in total. The molecule has 1 rings (SSSR count). The molecule has 0 radical (unpaired) electrons. The van der Waals surface area contributed by atoms with Crippen molar-refractivity contribution in [1.82, 2.24) is 9.78 Å². The van der Waals surface area contributed by atoms with Crippen LogP contribution in [0.4, 0.5) is 0 Å². The summed E-state index contributed by atoms with van der Waals surface area (Å²) in [7, 11) is 0. The molecule has 0 aromatic carbocycles. The average molecular weight is 215 g/mol. The first kappa shape index (κ1) is 11.2. The van der Waals surface area contributed by atoms with Crippen LogP contribution < -0.4 is 5.56 Å². The number of alkyl halides is 1. The summed E-state index contributed by atoms with van der Waals surface area (Å²) in [4.78, 5) is 11.2. The molecule has 0 N–H and O–H groups in total. The Hall–Kier alpha value is -0.830. The zero-order valence-corrected chi connectivity index (χ0v) is 8.91. The topological polar surface area (TPSA) is 34.9 Å². The van der Waals surface area contributed by atoms with Crippen molar-refractivity contribution in [2.75, 3.05) is 5.88 Å². The van der Waals surface area contributed by atoms with E-state index in [0.29, 0.717) is 6.54 Å². The van der Waals surface area contributed by atoms with Crippen LogP contribution in [0.15, 0.2) is 23.1 Å². The third-order valence-corrected chi connectivity index (χ3v) is 2.31. The minimum absolute atomic E-state index is 0.0233. The number of rotatable bonds is 6. The Kier molecular flexibility index (Phi) is 5.30. The van der Waals surface area contributed by atoms with Gasteiger partial charge in [-0.25, -0.2) is 4.68 Å². The largest absolute Gasteiger partial charge is 0.268 e. The van der Waals surface area contributed by atoms with Crippen molar-refractivity contribution >= 4 is 11.6 Å². The van der Waals surface area contributed by atoms with Crippen LogP contribution in [0.1, 0.15) is 25.7 Å². The summed E-state index contributed by atoms with van der Waals surface area (Å²) < 4.78 is 1.50. The van der Waals surface area contributed by atoms with Crippen LogP contribution in [0.25, 0.3) is 0 Å². The summed E-state index contributed by atoms with van der Waals surface area (Å²) in [6, 6.07) is 3.19. The van der Waals surface area contributed by atoms with Crippen LogP contribution in [0, 0.1) is 0 Å². The van der Waals surface area contributed by atoms with E-state index in [4.69, 9.17) is 11.6 Å². The summed E-state index contributed by atoms with van der Waals surface area (Å²) in [6.45, 7) is 0.710. The van der Waals surface area contributed by atoms with E-state index in [9.17, 15) is 4.79 Å². The zero-order chi connectivity index (χ0) is 10.2. The maximum Gasteiger partial charge on any atom is 0.266 e. The number of hydrogen-bond donors (Lipinski definition) is 0. The van der Waals surface area contributed by atoms with Crippen molar-refractivity contribution in [2.45, 2.75) is 32.2 Å². The number of aromatic nitrogens is 2. The standard InChI is InChI=1S/C10H15ClN2O/c11-7-3-1-2-4-9-13-10(14)6-5-8-12-13/h5-6,8H,1-4,7,9H2. The third-order valence-electron chi connectivity index (χ3n) is 2.04. The van der Waals surface area contributed by atoms with Gasteiger partial charge in [0.25, 0.3) is 5.56 Å². The molecule has 1 heterocycles. The Morgan fingerprint density at radius 3 is 2.79 bits per heavy atom. The fourth-order valence-corrected chi connectivity index (χ4v) is 1.45. The fourth-order valence-electron chi connectivity index (χ4n) is 1.26. The molecular weight excluding hydrogens is 200 g/mol. The second-order valence-electron chi connectivity index (χ2n) is 3.19. The second-order valence-corrected chi connectivity index (χ2v) is 3.57. The predicted octanol–water partition coefficient (Wildman–Crippen LogP) is 2.04. The number of aryl methyl sites for hydroxylation is 1. The molecule has 78 valence electrons. The lowest BCUT2D eigenvalue weighted by atomic mass is 10.2. The van der Waals surface area contributed by atoms with E-state index in [1.54, 1.807) is 12.3 Å². The molecule has 1 aromatic rings. The van der Waals surface area contributed by atoms with E-state index < -0.39 is 0 Å². The average Bonchev–Trinajstić information content (AvgIpc) is 2.20. The van der Waals surface area contributed by atoms with Gasteiger partial charge in [-0.15, -0.1) is 11.6 Å². The predicted molar refractivity (Wildman–Crippen MR) is 57.7 cm³/mol. The van der Waals surface area contributed by atoms with Gasteiger partial charge in [-0.2, -0.15) is 5.10 Å². The number of hydrogen-bond acceptors (Lipinski definition) is 2. The second kappa shape index (κ2) is 6.60. The molecule has 0 atom stereocenters. The first-order chi connectivity index (χ1) is 6.84. The van der Waals surface area contributed by atoms with Crippen molar-refractivity contribution in [3.8, 4) is 0 Å². The molecule has 0 aliphatic heterocycles. The molecule has 0 spiro atoms. The Morgan fingerprint density at radius 1 is 1.29 bits per heavy atom. The molecule has 0 saturated carbocycles. The highest BCUT2D eigenvalue weighted by Crippen LogP contribution is 2.01. The summed E-state index contributed by atoms with van der Waals surface area (Å²) in [6.07, 6.45) is 5.92. The maximum absolute atomic E-state index is 11.2. The fraction of sp³-hybridized carbons (Fsp3) is 0.600. The first-order valence-electron chi connectivity index (χ1n) is 4.92. The molecule has 14 heavy (non-hydrogen) atoms. The Labute approximate surface area is 88.7 Å². The van der Waals surface area contributed by atoms with Gasteiger partial charge < -0.3 is 0 Å². The molecule has 0 fully saturated rings. The quantitative estimate of drug-likeness (QED) is 0.537. The van der Waals surface area contributed by atoms with Crippen molar-refractivity contribution in [2.24, 2.45) is 0 Å². The van der Waals surface area contributed by atoms with Crippen LogP contribution in [0.3, 0.4) is 0 Å². The van der Waals surface area contributed by atoms with E-state index in [0.717, 1.165) is 31.6 Å². The number of nitrogens with zero attached hydrogens (tertiary/aromatic N) is 2. The van der Waals surface area contributed by atoms with Gasteiger partial charge in [0, 0.05) is 24.7 Å². The van der Waals surface area contributed by atoms with E-state index in [1.165, 1.54) is 10.7 Å². The van der Waals surface area contributed by atoms with E-state index in [-0.39, 0.29) is 5.56 Å². The summed E-state index contributed by atoms with van der Waals surface area (Å²) in [5.74, 6) is 0.726. The highest BCUT2D eigenvalue weighted by molar-refractivity contribution is 6.17. The van der Waals surface area contributed by atoms with Crippen LogP contribution >= 0.6 is 11.6 Å². The summed E-state index contributed by atoms with van der Waals surface area (Å²) in [5.41, 5.74) is -0.0233. The van der Waals surface area contributed by atoms with E-state index in [2.05, 4.69) is 5.10 Å². The molecule has 0 aliphatic carbocycles. The van der Waals surface area contributed by atoms with Crippen LogP contribution in [-0.2, 0) is 6.54 Å². The molecule has 0 unspecified atom stereocenters. The Bertz CT molecular complexity index is 311. The summed E-state index contributed by atoms with van der Waals surface area (Å²) >= 11 is 5.56. The Morgan fingerprint density at radius 2 is 2.07 bits per heavy atom. The van der Waals surface area contributed by atoms with Gasteiger partial charge >= 0.3 is 0 Å². The van der Waals surface area contributed by atoms with E-state index in [1.807, 2.05) is 0 Å². The minimum atomic E-state index is -0.0233. The van der Waals surface area contributed by atoms with E-state index >= 15 is 0 Å². The maximum atomic E-state index is 11.2. The number of halogens is 1. The minimum Gasteiger partial charge on any atom is -0.268 e. The lowest BCUT2D eigenvalue weighted by Crippen LogP contribution is -2.21. The lowest BCUT2D eigenvalue weighted by molar-refractivity contribution is 0.519. The van der Waals surface area contributed by atoms with Crippen molar-refractivity contribution < 1.29 is 0 Å². The third kappa shape index (κ3) is 3.92. The first-order valence-corrected chi connectivity index (χ1v) is 5.46. The molecule has 4 heteroatoms. The molecule has 0 saturated heterocycles. The SMILES string of the molecule is O=c1cccnn1CCCCCCCl. The van der Waals surface area contributed by atoms with Crippen LogP contribution in [0.5, 0.6) is 0 Å². The Balaban J connectivity index is 2.25.